The van der Waals surface area contributed by atoms with Crippen LogP contribution in [0.2, 0.25) is 0 Å². The molecule has 0 atom stereocenters. The third kappa shape index (κ3) is 3.99. The predicted molar refractivity (Wildman–Crippen MR) is 132 cm³/mol. The maximum atomic E-state index is 13.2. The lowest BCUT2D eigenvalue weighted by atomic mass is 10.2. The summed E-state index contributed by atoms with van der Waals surface area (Å²) in [5.41, 5.74) is 0.337. The number of aryl methyl sites for hydroxylation is 1. The van der Waals surface area contributed by atoms with Crippen LogP contribution in [0.5, 0.6) is 0 Å². The molecule has 7 nitrogen and oxygen atoms in total. The Balaban J connectivity index is 1.71. The second kappa shape index (κ2) is 8.56. The monoisotopic (exact) mass is 531 g/mol. The van der Waals surface area contributed by atoms with Crippen molar-refractivity contribution in [3.8, 4) is 32.7 Å². The molecule has 4 aromatic heterocycles. The summed E-state index contributed by atoms with van der Waals surface area (Å²) < 4.78 is 68.9. The summed E-state index contributed by atoms with van der Waals surface area (Å²) >= 11 is 1.46. The van der Waals surface area contributed by atoms with E-state index in [4.69, 9.17) is 0 Å². The van der Waals surface area contributed by atoms with Gasteiger partial charge in [-0.3, -0.25) is 0 Å². The molecule has 0 amide bonds. The van der Waals surface area contributed by atoms with Gasteiger partial charge < -0.3 is 9.13 Å². The first-order valence-corrected chi connectivity index (χ1v) is 13.3. The van der Waals surface area contributed by atoms with Gasteiger partial charge in [0.2, 0.25) is 0 Å². The lowest BCUT2D eigenvalue weighted by Crippen LogP contribution is -2.11. The molecule has 12 heteroatoms. The van der Waals surface area contributed by atoms with Crippen molar-refractivity contribution in [1.82, 2.24) is 24.1 Å². The number of rotatable bonds is 5. The van der Waals surface area contributed by atoms with E-state index >= 15 is 0 Å². The van der Waals surface area contributed by atoms with Crippen LogP contribution in [0.4, 0.5) is 13.2 Å². The number of sulfone groups is 1. The molecule has 0 saturated heterocycles. The zero-order chi connectivity index (χ0) is 25.8. The molecule has 4 heterocycles. The highest BCUT2D eigenvalue weighted by atomic mass is 32.2. The van der Waals surface area contributed by atoms with E-state index < -0.39 is 21.6 Å². The van der Waals surface area contributed by atoms with Crippen LogP contribution in [-0.2, 0) is 30.1 Å². The van der Waals surface area contributed by atoms with E-state index in [-0.39, 0.29) is 33.5 Å². The zero-order valence-corrected chi connectivity index (χ0v) is 21.0. The Morgan fingerprint density at radius 1 is 0.944 bits per heavy atom. The summed E-state index contributed by atoms with van der Waals surface area (Å²) in [7, 11) is -0.595. The normalized spacial score (nSPS) is 12.5. The van der Waals surface area contributed by atoms with Crippen LogP contribution in [0.25, 0.3) is 43.8 Å². The smallest absolute Gasteiger partial charge is 0.317 e. The van der Waals surface area contributed by atoms with Gasteiger partial charge in [-0.05, 0) is 23.8 Å². The third-order valence-electron chi connectivity index (χ3n) is 5.85. The SMILES string of the molecule is CCS(=O)(=O)c1c(-c2nc3cc(C(F)(F)F)cnc3n2C)nc(-c2ccc(-c3ccccc3)s2)n1C. The fourth-order valence-corrected chi connectivity index (χ4v) is 6.25. The number of fused-ring (bicyclic) bond motifs is 1. The topological polar surface area (TPSA) is 82.7 Å². The summed E-state index contributed by atoms with van der Waals surface area (Å²) in [6.45, 7) is 1.52. The van der Waals surface area contributed by atoms with Crippen LogP contribution < -0.4 is 0 Å². The van der Waals surface area contributed by atoms with Gasteiger partial charge in [-0.2, -0.15) is 13.2 Å². The fourth-order valence-electron chi connectivity index (χ4n) is 4.00. The Morgan fingerprint density at radius 3 is 2.31 bits per heavy atom. The molecule has 0 N–H and O–H groups in total. The lowest BCUT2D eigenvalue weighted by Gasteiger charge is -2.07. The first-order chi connectivity index (χ1) is 17.0. The van der Waals surface area contributed by atoms with E-state index in [0.29, 0.717) is 5.82 Å². The Bertz CT molecular complexity index is 1700. The molecule has 1 aromatic carbocycles. The minimum absolute atomic E-state index is 0.00291. The number of imidazole rings is 2. The van der Waals surface area contributed by atoms with Crippen LogP contribution in [0.15, 0.2) is 59.8 Å². The van der Waals surface area contributed by atoms with Gasteiger partial charge in [-0.15, -0.1) is 11.3 Å². The molecule has 186 valence electrons. The highest BCUT2D eigenvalue weighted by molar-refractivity contribution is 7.91. The minimum atomic E-state index is -4.58. The van der Waals surface area contributed by atoms with Crippen molar-refractivity contribution in [3.05, 3.63) is 60.3 Å². The highest BCUT2D eigenvalue weighted by Crippen LogP contribution is 2.38. The van der Waals surface area contributed by atoms with Crippen molar-refractivity contribution in [3.63, 3.8) is 0 Å². The predicted octanol–water partition coefficient (Wildman–Crippen LogP) is 5.58. The number of halogens is 3. The van der Waals surface area contributed by atoms with Crippen LogP contribution in [0.1, 0.15) is 12.5 Å². The molecule has 0 radical (unpaired) electrons. The standard InChI is InChI=1S/C24H20F3N5O2S2/c1-4-36(33,34)23-19(22-29-16-12-15(24(25,26)27)13-28-20(16)31(22)2)30-21(32(23)3)18-11-10-17(35-18)14-8-6-5-7-9-14/h5-13H,4H2,1-3H3. The van der Waals surface area contributed by atoms with Crippen molar-refractivity contribution in [1.29, 1.82) is 0 Å². The quantitative estimate of drug-likeness (QED) is 0.296. The number of thiophene rings is 1. The molecule has 0 unspecified atom stereocenters. The molecule has 0 aliphatic heterocycles. The average Bonchev–Trinajstić information content (AvgIpc) is 3.55. The van der Waals surface area contributed by atoms with Crippen molar-refractivity contribution < 1.29 is 21.6 Å². The van der Waals surface area contributed by atoms with Gasteiger partial charge >= 0.3 is 6.18 Å². The molecular formula is C24H20F3N5O2S2. The summed E-state index contributed by atoms with van der Waals surface area (Å²) in [4.78, 5) is 14.6. The molecule has 0 fully saturated rings. The molecule has 5 aromatic rings. The zero-order valence-electron chi connectivity index (χ0n) is 19.4. The van der Waals surface area contributed by atoms with Crippen molar-refractivity contribution in [2.75, 3.05) is 5.75 Å². The maximum Gasteiger partial charge on any atom is 0.417 e. The molecule has 0 aliphatic carbocycles. The maximum absolute atomic E-state index is 13.2. The van der Waals surface area contributed by atoms with Gasteiger partial charge in [-0.1, -0.05) is 37.3 Å². The van der Waals surface area contributed by atoms with Gasteiger partial charge in [0.1, 0.15) is 11.2 Å². The first kappa shape index (κ1) is 24.2. The number of hydrogen-bond donors (Lipinski definition) is 0. The van der Waals surface area contributed by atoms with Crippen molar-refractivity contribution >= 4 is 32.3 Å². The van der Waals surface area contributed by atoms with Gasteiger partial charge in [-0.25, -0.2) is 23.4 Å². The van der Waals surface area contributed by atoms with Crippen molar-refractivity contribution in [2.24, 2.45) is 14.1 Å². The summed E-state index contributed by atoms with van der Waals surface area (Å²) in [5, 5.41) is -0.0517. The molecule has 0 spiro atoms. The Kier molecular flexibility index (Phi) is 5.75. The van der Waals surface area contributed by atoms with E-state index in [2.05, 4.69) is 15.0 Å². The van der Waals surface area contributed by atoms with Gasteiger partial charge in [0.05, 0.1) is 16.2 Å². The Labute approximate surface area is 208 Å². The Hall–Kier alpha value is -3.51. The molecule has 0 bridgehead atoms. The minimum Gasteiger partial charge on any atom is -0.317 e. The fraction of sp³-hybridized carbons (Fsp3) is 0.208. The average molecular weight is 532 g/mol. The molecule has 0 aliphatic rings. The number of aromatic nitrogens is 5. The third-order valence-corrected chi connectivity index (χ3v) is 8.80. The number of nitrogens with zero attached hydrogens (tertiary/aromatic N) is 5. The molecule has 5 rings (SSSR count). The van der Waals surface area contributed by atoms with Crippen molar-refractivity contribution in [2.45, 2.75) is 18.1 Å². The van der Waals surface area contributed by atoms with Crippen LogP contribution in [0.3, 0.4) is 0 Å². The number of pyridine rings is 1. The summed E-state index contributed by atoms with van der Waals surface area (Å²) in [5.74, 6) is 0.352. The van der Waals surface area contributed by atoms with Gasteiger partial charge in [0.15, 0.2) is 32.2 Å². The highest BCUT2D eigenvalue weighted by Gasteiger charge is 2.33. The van der Waals surface area contributed by atoms with Crippen LogP contribution >= 0.6 is 11.3 Å². The summed E-state index contributed by atoms with van der Waals surface area (Å²) in [6, 6.07) is 14.5. The van der Waals surface area contributed by atoms with E-state index in [0.717, 1.165) is 27.6 Å². The van der Waals surface area contributed by atoms with Crippen LogP contribution in [0, 0.1) is 0 Å². The van der Waals surface area contributed by atoms with Gasteiger partial charge in [0, 0.05) is 25.2 Å². The second-order valence-electron chi connectivity index (χ2n) is 8.14. The molecule has 0 saturated carbocycles. The van der Waals surface area contributed by atoms with E-state index in [1.165, 1.54) is 27.4 Å². The first-order valence-electron chi connectivity index (χ1n) is 10.9. The number of alkyl halides is 3. The Morgan fingerprint density at radius 2 is 1.64 bits per heavy atom. The number of benzene rings is 1. The number of hydrogen-bond acceptors (Lipinski definition) is 6. The second-order valence-corrected chi connectivity index (χ2v) is 11.4. The summed E-state index contributed by atoms with van der Waals surface area (Å²) in [6.07, 6.45) is -3.85. The van der Waals surface area contributed by atoms with Crippen LogP contribution in [-0.4, -0.2) is 38.3 Å². The molecular weight excluding hydrogens is 511 g/mol. The van der Waals surface area contributed by atoms with Gasteiger partial charge in [0.25, 0.3) is 0 Å². The van der Waals surface area contributed by atoms with E-state index in [9.17, 15) is 21.6 Å². The van der Waals surface area contributed by atoms with E-state index in [1.807, 2.05) is 42.5 Å². The largest absolute Gasteiger partial charge is 0.417 e. The lowest BCUT2D eigenvalue weighted by molar-refractivity contribution is -0.137. The molecule has 36 heavy (non-hydrogen) atoms. The van der Waals surface area contributed by atoms with E-state index in [1.54, 1.807) is 14.1 Å².